The number of benzene rings is 1. The van der Waals surface area contributed by atoms with E-state index in [1.807, 2.05) is 25.2 Å². The van der Waals surface area contributed by atoms with E-state index >= 15 is 0 Å². The largest absolute Gasteiger partial charge is 0.495 e. The van der Waals surface area contributed by atoms with Crippen LogP contribution in [0.5, 0.6) is 5.75 Å². The van der Waals surface area contributed by atoms with Crippen LogP contribution in [0.1, 0.15) is 5.56 Å². The molecule has 1 aromatic rings. The van der Waals surface area contributed by atoms with Crippen LogP contribution in [0.15, 0.2) is 18.2 Å². The van der Waals surface area contributed by atoms with Crippen molar-refractivity contribution in [1.29, 1.82) is 0 Å². The van der Waals surface area contributed by atoms with Gasteiger partial charge in [-0.25, -0.2) is 0 Å². The Bertz CT molecular complexity index is 331. The highest BCUT2D eigenvalue weighted by atomic mass is 35.5. The lowest BCUT2D eigenvalue weighted by atomic mass is 10.1. The Morgan fingerprint density at radius 2 is 2.06 bits per heavy atom. The fourth-order valence-electron chi connectivity index (χ4n) is 1.47. The molecule has 0 spiro atoms. The second-order valence-electron chi connectivity index (χ2n) is 3.72. The molecule has 16 heavy (non-hydrogen) atoms. The number of methoxy groups -OCH3 is 2. The lowest BCUT2D eigenvalue weighted by Gasteiger charge is -2.15. The molecule has 0 radical (unpaired) electrons. The molecule has 90 valence electrons. The van der Waals surface area contributed by atoms with E-state index < -0.39 is 0 Å². The van der Waals surface area contributed by atoms with Gasteiger partial charge in [-0.15, -0.1) is 0 Å². The summed E-state index contributed by atoms with van der Waals surface area (Å²) in [5.41, 5.74) is 1.20. The highest BCUT2D eigenvalue weighted by Crippen LogP contribution is 2.25. The molecule has 0 heterocycles. The Hall–Kier alpha value is -0.770. The first-order valence-electron chi connectivity index (χ1n) is 5.17. The zero-order chi connectivity index (χ0) is 12.0. The predicted molar refractivity (Wildman–Crippen MR) is 66.2 cm³/mol. The van der Waals surface area contributed by atoms with Gasteiger partial charge in [-0.2, -0.15) is 0 Å². The molecular weight excluding hydrogens is 226 g/mol. The summed E-state index contributed by atoms with van der Waals surface area (Å²) in [6.45, 7) is 1.58. The van der Waals surface area contributed by atoms with Gasteiger partial charge in [-0.1, -0.05) is 17.7 Å². The van der Waals surface area contributed by atoms with Crippen LogP contribution in [0.2, 0.25) is 5.02 Å². The second-order valence-corrected chi connectivity index (χ2v) is 4.12. The van der Waals surface area contributed by atoms with Crippen molar-refractivity contribution in [3.05, 3.63) is 28.8 Å². The topological polar surface area (TPSA) is 21.7 Å². The summed E-state index contributed by atoms with van der Waals surface area (Å²) in [5.74, 6) is 0.718. The molecule has 0 aliphatic heterocycles. The highest BCUT2D eigenvalue weighted by molar-refractivity contribution is 6.32. The molecule has 4 heteroatoms. The van der Waals surface area contributed by atoms with E-state index in [0.29, 0.717) is 11.8 Å². The summed E-state index contributed by atoms with van der Waals surface area (Å²) >= 11 is 6.04. The first kappa shape index (κ1) is 13.3. The maximum absolute atomic E-state index is 6.04. The summed E-state index contributed by atoms with van der Waals surface area (Å²) < 4.78 is 10.1. The van der Waals surface area contributed by atoms with Gasteiger partial charge in [0.05, 0.1) is 18.9 Å². The molecule has 0 fully saturated rings. The molecule has 0 saturated carbocycles. The van der Waals surface area contributed by atoms with E-state index in [1.165, 1.54) is 5.56 Å². The van der Waals surface area contributed by atoms with Crippen molar-refractivity contribution in [2.75, 3.05) is 34.5 Å². The van der Waals surface area contributed by atoms with Crippen molar-refractivity contribution in [2.45, 2.75) is 6.42 Å². The van der Waals surface area contributed by atoms with Crippen LogP contribution in [0.25, 0.3) is 0 Å². The van der Waals surface area contributed by atoms with Crippen LogP contribution in [0.3, 0.4) is 0 Å². The van der Waals surface area contributed by atoms with Crippen LogP contribution in [-0.2, 0) is 11.2 Å². The SMILES string of the molecule is COCN(C)CCc1ccc(OC)c(Cl)c1. The second kappa shape index (κ2) is 6.74. The third-order valence-electron chi connectivity index (χ3n) is 2.35. The standard InChI is InChI=1S/C12H18ClNO2/c1-14(9-15-2)7-6-10-4-5-12(16-3)11(13)8-10/h4-5,8H,6-7,9H2,1-3H3. The zero-order valence-electron chi connectivity index (χ0n) is 10.00. The van der Waals surface area contributed by atoms with Crippen LogP contribution in [-0.4, -0.2) is 39.4 Å². The molecular formula is C12H18ClNO2. The molecule has 3 nitrogen and oxygen atoms in total. The zero-order valence-corrected chi connectivity index (χ0v) is 10.8. The third kappa shape index (κ3) is 4.00. The van der Waals surface area contributed by atoms with Crippen LogP contribution < -0.4 is 4.74 Å². The lowest BCUT2D eigenvalue weighted by Crippen LogP contribution is -2.23. The van der Waals surface area contributed by atoms with Gasteiger partial charge in [0.25, 0.3) is 0 Å². The van der Waals surface area contributed by atoms with Gasteiger partial charge < -0.3 is 9.47 Å². The molecule has 0 N–H and O–H groups in total. The summed E-state index contributed by atoms with van der Waals surface area (Å²) in [7, 11) is 5.34. The van der Waals surface area contributed by atoms with Crippen molar-refractivity contribution in [2.24, 2.45) is 0 Å². The van der Waals surface area contributed by atoms with Crippen molar-refractivity contribution >= 4 is 11.6 Å². The maximum Gasteiger partial charge on any atom is 0.137 e. The summed E-state index contributed by atoms with van der Waals surface area (Å²) in [6.07, 6.45) is 0.948. The average molecular weight is 244 g/mol. The number of ether oxygens (including phenoxy) is 2. The molecule has 0 aliphatic carbocycles. The third-order valence-corrected chi connectivity index (χ3v) is 2.64. The van der Waals surface area contributed by atoms with Gasteiger partial charge in [0.1, 0.15) is 5.75 Å². The normalized spacial score (nSPS) is 10.8. The average Bonchev–Trinajstić information content (AvgIpc) is 2.27. The maximum atomic E-state index is 6.04. The molecule has 0 aliphatic rings. The first-order valence-corrected chi connectivity index (χ1v) is 5.55. The van der Waals surface area contributed by atoms with Crippen molar-refractivity contribution in [3.8, 4) is 5.75 Å². The minimum atomic E-state index is 0.643. The van der Waals surface area contributed by atoms with Gasteiger partial charge in [0, 0.05) is 13.7 Å². The Morgan fingerprint density at radius 1 is 1.31 bits per heavy atom. The predicted octanol–water partition coefficient (Wildman–Crippen LogP) is 2.43. The smallest absolute Gasteiger partial charge is 0.137 e. The molecule has 1 aromatic carbocycles. The van der Waals surface area contributed by atoms with E-state index in [-0.39, 0.29) is 0 Å². The van der Waals surface area contributed by atoms with Crippen molar-refractivity contribution < 1.29 is 9.47 Å². The van der Waals surface area contributed by atoms with E-state index in [2.05, 4.69) is 4.90 Å². The van der Waals surface area contributed by atoms with Gasteiger partial charge in [0.15, 0.2) is 0 Å². The number of nitrogens with zero attached hydrogens (tertiary/aromatic N) is 1. The summed E-state index contributed by atoms with van der Waals surface area (Å²) in [6, 6.07) is 5.88. The van der Waals surface area contributed by atoms with E-state index in [9.17, 15) is 0 Å². The molecule has 1 rings (SSSR count). The summed E-state index contributed by atoms with van der Waals surface area (Å²) in [5, 5.41) is 0.661. The van der Waals surface area contributed by atoms with E-state index in [0.717, 1.165) is 18.7 Å². The van der Waals surface area contributed by atoms with Gasteiger partial charge >= 0.3 is 0 Å². The van der Waals surface area contributed by atoms with Crippen LogP contribution in [0.4, 0.5) is 0 Å². The Kier molecular flexibility index (Phi) is 5.60. The minimum Gasteiger partial charge on any atom is -0.495 e. The number of halogens is 1. The summed E-state index contributed by atoms with van der Waals surface area (Å²) in [4.78, 5) is 2.11. The van der Waals surface area contributed by atoms with Gasteiger partial charge in [0.2, 0.25) is 0 Å². The highest BCUT2D eigenvalue weighted by Gasteiger charge is 2.03. The Balaban J connectivity index is 2.51. The van der Waals surface area contributed by atoms with Crippen LogP contribution in [0, 0.1) is 0 Å². The molecule has 0 bridgehead atoms. The number of rotatable bonds is 6. The minimum absolute atomic E-state index is 0.643. The van der Waals surface area contributed by atoms with Crippen LogP contribution >= 0.6 is 11.6 Å². The molecule has 0 unspecified atom stereocenters. The fourth-order valence-corrected chi connectivity index (χ4v) is 1.75. The lowest BCUT2D eigenvalue weighted by molar-refractivity contribution is 0.0827. The number of hydrogen-bond donors (Lipinski definition) is 0. The van der Waals surface area contributed by atoms with Gasteiger partial charge in [-0.3, -0.25) is 4.90 Å². The Labute approximate surface area is 102 Å². The molecule has 0 saturated heterocycles. The van der Waals surface area contributed by atoms with E-state index in [4.69, 9.17) is 21.1 Å². The fraction of sp³-hybridized carbons (Fsp3) is 0.500. The quantitative estimate of drug-likeness (QED) is 0.717. The molecule has 0 aromatic heterocycles. The van der Waals surface area contributed by atoms with Crippen molar-refractivity contribution in [3.63, 3.8) is 0 Å². The Morgan fingerprint density at radius 3 is 2.62 bits per heavy atom. The first-order chi connectivity index (χ1) is 7.67. The number of likely N-dealkylation sites (N-methyl/N-ethyl adjacent to an activating group) is 1. The molecule has 0 atom stereocenters. The monoisotopic (exact) mass is 243 g/mol. The van der Waals surface area contributed by atoms with Gasteiger partial charge in [-0.05, 0) is 31.2 Å². The van der Waals surface area contributed by atoms with E-state index in [1.54, 1.807) is 14.2 Å². The van der Waals surface area contributed by atoms with Crippen molar-refractivity contribution in [1.82, 2.24) is 4.90 Å². The molecule has 0 amide bonds. The number of hydrogen-bond acceptors (Lipinski definition) is 3.